The Balaban J connectivity index is 1.20. The minimum Gasteiger partial charge on any atom is -0.454 e. The van der Waals surface area contributed by atoms with Crippen LogP contribution >= 0.6 is 23.1 Å². The number of ether oxygens (including phenoxy) is 2. The van der Waals surface area contributed by atoms with E-state index < -0.39 is 0 Å². The van der Waals surface area contributed by atoms with E-state index >= 15 is 0 Å². The van der Waals surface area contributed by atoms with Crippen LogP contribution in [0.4, 0.5) is 0 Å². The summed E-state index contributed by atoms with van der Waals surface area (Å²) in [4.78, 5) is 15.4. The summed E-state index contributed by atoms with van der Waals surface area (Å²) in [5, 5.41) is 18.5. The number of aromatic nitrogens is 4. The Morgan fingerprint density at radius 1 is 1.09 bits per heavy atom. The first-order chi connectivity index (χ1) is 16.2. The van der Waals surface area contributed by atoms with Gasteiger partial charge < -0.3 is 23.2 Å². The number of thiophene rings is 1. The van der Waals surface area contributed by atoms with E-state index in [4.69, 9.17) is 18.3 Å². The summed E-state index contributed by atoms with van der Waals surface area (Å²) in [6.45, 7) is 3.02. The largest absolute Gasteiger partial charge is 0.454 e. The number of hydrogen-bond acceptors (Lipinski definition) is 11. The third-order valence-corrected chi connectivity index (χ3v) is 6.38. The molecule has 33 heavy (non-hydrogen) atoms. The van der Waals surface area contributed by atoms with Crippen molar-refractivity contribution < 1.29 is 23.1 Å². The first-order valence-corrected chi connectivity index (χ1v) is 12.1. The van der Waals surface area contributed by atoms with Gasteiger partial charge in [-0.15, -0.1) is 31.7 Å². The van der Waals surface area contributed by atoms with Gasteiger partial charge in [-0.1, -0.05) is 24.8 Å². The summed E-state index contributed by atoms with van der Waals surface area (Å²) in [7, 11) is 0. The van der Waals surface area contributed by atoms with Gasteiger partial charge in [0, 0.05) is 12.1 Å². The van der Waals surface area contributed by atoms with Crippen molar-refractivity contribution in [3.8, 4) is 33.7 Å². The third-order valence-electron chi connectivity index (χ3n) is 4.72. The quantitative estimate of drug-likeness (QED) is 0.321. The second-order valence-electron chi connectivity index (χ2n) is 7.02. The Morgan fingerprint density at radius 3 is 2.82 bits per heavy atom. The van der Waals surface area contributed by atoms with Crippen LogP contribution in [-0.2, 0) is 11.3 Å². The monoisotopic (exact) mass is 485 g/mol. The van der Waals surface area contributed by atoms with E-state index in [0.29, 0.717) is 40.9 Å². The molecule has 0 atom stereocenters. The molecule has 0 spiro atoms. The number of rotatable bonds is 9. The van der Waals surface area contributed by atoms with Crippen LogP contribution in [0.1, 0.15) is 19.2 Å². The van der Waals surface area contributed by atoms with Crippen molar-refractivity contribution in [1.82, 2.24) is 25.3 Å². The molecule has 0 aliphatic carbocycles. The van der Waals surface area contributed by atoms with E-state index in [-0.39, 0.29) is 25.0 Å². The van der Waals surface area contributed by atoms with Gasteiger partial charge in [-0.25, -0.2) is 0 Å². The van der Waals surface area contributed by atoms with Gasteiger partial charge in [0.2, 0.25) is 24.5 Å². The minimum absolute atomic E-state index is 0.0828. The molecule has 0 fully saturated rings. The average molecular weight is 486 g/mol. The fourth-order valence-corrected chi connectivity index (χ4v) is 4.48. The first-order valence-electron chi connectivity index (χ1n) is 10.2. The van der Waals surface area contributed by atoms with Crippen LogP contribution in [0.25, 0.3) is 22.2 Å². The Bertz CT molecular complexity index is 1240. The first kappa shape index (κ1) is 21.5. The van der Waals surface area contributed by atoms with Crippen molar-refractivity contribution >= 4 is 29.0 Å². The highest BCUT2D eigenvalue weighted by atomic mass is 32.2. The van der Waals surface area contributed by atoms with Crippen LogP contribution in [0, 0.1) is 0 Å². The number of benzene rings is 1. The standard InChI is InChI=1S/C21H19N5O5S2/c1-2-7-26(10-17-22-24-20(30-17)16-4-3-8-32-16)18(27)11-33-21-25-23-19(31-21)13-5-6-14-15(9-13)29-12-28-14/h3-6,8-9H,2,7,10-12H2,1H3. The SMILES string of the molecule is CCCN(Cc1nnc(-c2cccs2)o1)C(=O)CSc1nnc(-c2ccc3c(c2)OCO3)o1. The summed E-state index contributed by atoms with van der Waals surface area (Å²) in [6.07, 6.45) is 0.803. The molecule has 0 unspecified atom stereocenters. The zero-order valence-electron chi connectivity index (χ0n) is 17.6. The summed E-state index contributed by atoms with van der Waals surface area (Å²) < 4.78 is 22.1. The van der Waals surface area contributed by atoms with Crippen LogP contribution in [0.15, 0.2) is 49.8 Å². The van der Waals surface area contributed by atoms with Crippen LogP contribution in [0.2, 0.25) is 0 Å². The number of fused-ring (bicyclic) bond motifs is 1. The number of amides is 1. The molecule has 1 aliphatic rings. The molecule has 3 aromatic heterocycles. The summed E-state index contributed by atoms with van der Waals surface area (Å²) in [6, 6.07) is 9.23. The minimum atomic E-state index is -0.0828. The number of carbonyl (C=O) groups excluding carboxylic acids is 1. The number of nitrogens with zero attached hydrogens (tertiary/aromatic N) is 5. The molecule has 0 radical (unpaired) electrons. The predicted molar refractivity (Wildman–Crippen MR) is 120 cm³/mol. The third kappa shape index (κ3) is 4.86. The normalized spacial score (nSPS) is 12.3. The number of thioether (sulfide) groups is 1. The molecule has 0 bridgehead atoms. The summed E-state index contributed by atoms with van der Waals surface area (Å²) >= 11 is 2.71. The van der Waals surface area contributed by atoms with E-state index in [1.54, 1.807) is 17.0 Å². The molecule has 1 amide bonds. The molecule has 4 heterocycles. The van der Waals surface area contributed by atoms with Gasteiger partial charge in [0.05, 0.1) is 17.2 Å². The molecule has 170 valence electrons. The Hall–Kier alpha value is -3.38. The van der Waals surface area contributed by atoms with Crippen LogP contribution in [0.3, 0.4) is 0 Å². The Kier molecular flexibility index (Phi) is 6.26. The van der Waals surface area contributed by atoms with Gasteiger partial charge in [0.25, 0.3) is 11.1 Å². The molecular weight excluding hydrogens is 466 g/mol. The van der Waals surface area contributed by atoms with E-state index in [2.05, 4.69) is 20.4 Å². The lowest BCUT2D eigenvalue weighted by molar-refractivity contribution is -0.129. The van der Waals surface area contributed by atoms with Gasteiger partial charge in [-0.3, -0.25) is 4.79 Å². The lowest BCUT2D eigenvalue weighted by atomic mass is 10.2. The van der Waals surface area contributed by atoms with Crippen molar-refractivity contribution in [2.75, 3.05) is 19.1 Å². The molecule has 10 nitrogen and oxygen atoms in total. The van der Waals surface area contributed by atoms with Gasteiger partial charge >= 0.3 is 0 Å². The molecule has 0 saturated carbocycles. The molecule has 1 aliphatic heterocycles. The highest BCUT2D eigenvalue weighted by Gasteiger charge is 2.20. The highest BCUT2D eigenvalue weighted by Crippen LogP contribution is 2.36. The fourth-order valence-electron chi connectivity index (χ4n) is 3.17. The molecule has 1 aromatic carbocycles. The molecule has 0 N–H and O–H groups in total. The molecule has 5 rings (SSSR count). The number of hydrogen-bond donors (Lipinski definition) is 0. The maximum atomic E-state index is 12.8. The zero-order chi connectivity index (χ0) is 22.6. The Labute approximate surface area is 196 Å². The maximum Gasteiger partial charge on any atom is 0.277 e. The van der Waals surface area contributed by atoms with Gasteiger partial charge in [-0.05, 0) is 36.1 Å². The smallest absolute Gasteiger partial charge is 0.277 e. The lowest BCUT2D eigenvalue weighted by Gasteiger charge is -2.19. The van der Waals surface area contributed by atoms with Crippen molar-refractivity contribution in [2.45, 2.75) is 25.1 Å². The topological polar surface area (TPSA) is 117 Å². The van der Waals surface area contributed by atoms with E-state index in [1.807, 2.05) is 30.5 Å². The average Bonchev–Trinajstić information content (AvgIpc) is 3.62. The second-order valence-corrected chi connectivity index (χ2v) is 8.90. The summed E-state index contributed by atoms with van der Waals surface area (Å²) in [5.41, 5.74) is 0.718. The molecule has 0 saturated heterocycles. The van der Waals surface area contributed by atoms with E-state index in [9.17, 15) is 4.79 Å². The van der Waals surface area contributed by atoms with Gasteiger partial charge in [-0.2, -0.15) is 0 Å². The van der Waals surface area contributed by atoms with Crippen molar-refractivity contribution in [3.05, 3.63) is 41.6 Å². The summed E-state index contributed by atoms with van der Waals surface area (Å²) in [5.74, 6) is 2.58. The van der Waals surface area contributed by atoms with Crippen LogP contribution in [0.5, 0.6) is 11.5 Å². The Morgan fingerprint density at radius 2 is 1.97 bits per heavy atom. The van der Waals surface area contributed by atoms with Crippen LogP contribution in [-0.4, -0.2) is 50.3 Å². The van der Waals surface area contributed by atoms with E-state index in [1.165, 1.54) is 23.1 Å². The zero-order valence-corrected chi connectivity index (χ0v) is 19.2. The molecule has 12 heteroatoms. The van der Waals surface area contributed by atoms with Crippen molar-refractivity contribution in [1.29, 1.82) is 0 Å². The van der Waals surface area contributed by atoms with Crippen molar-refractivity contribution in [2.24, 2.45) is 0 Å². The lowest BCUT2D eigenvalue weighted by Crippen LogP contribution is -2.32. The molecule has 4 aromatic rings. The highest BCUT2D eigenvalue weighted by molar-refractivity contribution is 7.99. The van der Waals surface area contributed by atoms with E-state index in [0.717, 1.165) is 16.9 Å². The van der Waals surface area contributed by atoms with Crippen molar-refractivity contribution in [3.63, 3.8) is 0 Å². The predicted octanol–water partition coefficient (Wildman–Crippen LogP) is 4.11. The maximum absolute atomic E-state index is 12.8. The van der Waals surface area contributed by atoms with Gasteiger partial charge in [0.1, 0.15) is 0 Å². The number of carbonyl (C=O) groups is 1. The molecular formula is C21H19N5O5S2. The van der Waals surface area contributed by atoms with Crippen LogP contribution < -0.4 is 9.47 Å². The second kappa shape index (κ2) is 9.63. The van der Waals surface area contributed by atoms with Gasteiger partial charge in [0.15, 0.2) is 11.5 Å². The fraction of sp³-hybridized carbons (Fsp3) is 0.286.